The van der Waals surface area contributed by atoms with Gasteiger partial charge in [0.25, 0.3) is 0 Å². The fourth-order valence-corrected chi connectivity index (χ4v) is 2.50. The Balaban J connectivity index is 1.80. The van der Waals surface area contributed by atoms with E-state index >= 15 is 0 Å². The SMILES string of the molecule is CCOc1ccc(F)cc1C(O)C(O)CCNC(=O)OCc1ccccc1. The van der Waals surface area contributed by atoms with Gasteiger partial charge >= 0.3 is 6.09 Å². The molecule has 0 saturated heterocycles. The normalized spacial score (nSPS) is 12.9. The summed E-state index contributed by atoms with van der Waals surface area (Å²) in [5.41, 5.74) is 1.02. The van der Waals surface area contributed by atoms with Crippen molar-refractivity contribution in [2.75, 3.05) is 13.2 Å². The minimum atomic E-state index is -1.34. The van der Waals surface area contributed by atoms with Crippen LogP contribution in [0.5, 0.6) is 5.75 Å². The molecular weight excluding hydrogens is 353 g/mol. The number of carbonyl (C=O) groups is 1. The highest BCUT2D eigenvalue weighted by Gasteiger charge is 2.22. The Kier molecular flexibility index (Phi) is 8.03. The van der Waals surface area contributed by atoms with E-state index < -0.39 is 24.1 Å². The van der Waals surface area contributed by atoms with Crippen LogP contribution in [0, 0.1) is 5.82 Å². The summed E-state index contributed by atoms with van der Waals surface area (Å²) in [7, 11) is 0. The molecule has 6 nitrogen and oxygen atoms in total. The van der Waals surface area contributed by atoms with Crippen LogP contribution >= 0.6 is 0 Å². The molecule has 0 fully saturated rings. The smallest absolute Gasteiger partial charge is 0.407 e. The first-order chi connectivity index (χ1) is 13.0. The van der Waals surface area contributed by atoms with Crippen molar-refractivity contribution >= 4 is 6.09 Å². The minimum absolute atomic E-state index is 0.0592. The van der Waals surface area contributed by atoms with Crippen molar-refractivity contribution in [2.45, 2.75) is 32.2 Å². The lowest BCUT2D eigenvalue weighted by atomic mass is 10.0. The second-order valence-corrected chi connectivity index (χ2v) is 5.90. The summed E-state index contributed by atoms with van der Waals surface area (Å²) in [6.07, 6.45) is -3.12. The third-order valence-corrected chi connectivity index (χ3v) is 3.88. The van der Waals surface area contributed by atoms with Crippen LogP contribution in [0.2, 0.25) is 0 Å². The summed E-state index contributed by atoms with van der Waals surface area (Å²) in [6, 6.07) is 13.0. The highest BCUT2D eigenvalue weighted by Crippen LogP contribution is 2.29. The average Bonchev–Trinajstić information content (AvgIpc) is 2.68. The summed E-state index contributed by atoms with van der Waals surface area (Å²) in [5, 5.41) is 23.0. The number of nitrogens with one attached hydrogen (secondary N) is 1. The van der Waals surface area contributed by atoms with E-state index in [1.807, 2.05) is 30.3 Å². The molecule has 0 aromatic heterocycles. The van der Waals surface area contributed by atoms with E-state index in [1.54, 1.807) is 6.92 Å². The zero-order chi connectivity index (χ0) is 19.6. The number of alkyl carbamates (subject to hydrolysis) is 1. The summed E-state index contributed by atoms with van der Waals surface area (Å²) >= 11 is 0. The zero-order valence-electron chi connectivity index (χ0n) is 15.1. The van der Waals surface area contributed by atoms with Crippen molar-refractivity contribution in [3.05, 3.63) is 65.5 Å². The van der Waals surface area contributed by atoms with Crippen molar-refractivity contribution < 1.29 is 28.9 Å². The largest absolute Gasteiger partial charge is 0.493 e. The summed E-state index contributed by atoms with van der Waals surface area (Å²) in [5.74, 6) is -0.233. The van der Waals surface area contributed by atoms with E-state index in [0.717, 1.165) is 11.6 Å². The Labute approximate surface area is 157 Å². The predicted octanol–water partition coefficient (Wildman–Crippen LogP) is 2.94. The first-order valence-corrected chi connectivity index (χ1v) is 8.74. The van der Waals surface area contributed by atoms with Crippen molar-refractivity contribution in [1.82, 2.24) is 5.32 Å². The maximum atomic E-state index is 13.5. The van der Waals surface area contributed by atoms with Gasteiger partial charge in [-0.05, 0) is 37.1 Å². The molecule has 0 spiro atoms. The molecule has 3 N–H and O–H groups in total. The molecule has 2 unspecified atom stereocenters. The second kappa shape index (κ2) is 10.5. The summed E-state index contributed by atoms with van der Waals surface area (Å²) in [6.45, 7) is 2.33. The topological polar surface area (TPSA) is 88.0 Å². The molecule has 0 heterocycles. The Bertz CT molecular complexity index is 726. The number of amides is 1. The molecule has 0 aliphatic heterocycles. The van der Waals surface area contributed by atoms with Crippen molar-refractivity contribution in [1.29, 1.82) is 0 Å². The van der Waals surface area contributed by atoms with Crippen LogP contribution in [0.25, 0.3) is 0 Å². The first-order valence-electron chi connectivity index (χ1n) is 8.74. The Morgan fingerprint density at radius 1 is 1.19 bits per heavy atom. The van der Waals surface area contributed by atoms with Crippen LogP contribution in [0.1, 0.15) is 30.6 Å². The number of halogens is 1. The number of hydrogen-bond acceptors (Lipinski definition) is 5. The second-order valence-electron chi connectivity index (χ2n) is 5.90. The Hall–Kier alpha value is -2.64. The van der Waals surface area contributed by atoms with Crippen LogP contribution < -0.4 is 10.1 Å². The lowest BCUT2D eigenvalue weighted by Gasteiger charge is -2.21. The first kappa shape index (κ1) is 20.7. The number of benzene rings is 2. The molecule has 2 atom stereocenters. The number of aliphatic hydroxyl groups excluding tert-OH is 2. The highest BCUT2D eigenvalue weighted by molar-refractivity contribution is 5.67. The zero-order valence-corrected chi connectivity index (χ0v) is 15.1. The van der Waals surface area contributed by atoms with Gasteiger partial charge in [0.1, 0.15) is 24.3 Å². The van der Waals surface area contributed by atoms with Gasteiger partial charge in [0.2, 0.25) is 0 Å². The fraction of sp³-hybridized carbons (Fsp3) is 0.350. The van der Waals surface area contributed by atoms with Gasteiger partial charge in [-0.15, -0.1) is 0 Å². The van der Waals surface area contributed by atoms with E-state index in [9.17, 15) is 19.4 Å². The van der Waals surface area contributed by atoms with Crippen molar-refractivity contribution in [2.24, 2.45) is 0 Å². The molecule has 0 radical (unpaired) electrons. The van der Waals surface area contributed by atoms with Gasteiger partial charge in [0, 0.05) is 12.1 Å². The van der Waals surface area contributed by atoms with Gasteiger partial charge in [-0.3, -0.25) is 0 Å². The van der Waals surface area contributed by atoms with Gasteiger partial charge in [0.15, 0.2) is 0 Å². The van der Waals surface area contributed by atoms with Crippen LogP contribution in [0.15, 0.2) is 48.5 Å². The molecule has 1 amide bonds. The third-order valence-electron chi connectivity index (χ3n) is 3.88. The van der Waals surface area contributed by atoms with E-state index in [-0.39, 0.29) is 25.1 Å². The predicted molar refractivity (Wildman–Crippen MR) is 97.8 cm³/mol. The third kappa shape index (κ3) is 6.54. The van der Waals surface area contributed by atoms with Gasteiger partial charge in [-0.2, -0.15) is 0 Å². The maximum absolute atomic E-state index is 13.5. The van der Waals surface area contributed by atoms with Crippen LogP contribution in [-0.4, -0.2) is 35.6 Å². The molecule has 7 heteroatoms. The number of aliphatic hydroxyl groups is 2. The standard InChI is InChI=1S/C20H24FNO5/c1-2-26-18-9-8-15(21)12-16(18)19(24)17(23)10-11-22-20(25)27-13-14-6-4-3-5-7-14/h3-9,12,17,19,23-24H,2,10-11,13H2,1H3,(H,22,25). The molecule has 27 heavy (non-hydrogen) atoms. The number of rotatable bonds is 9. The molecule has 0 aliphatic carbocycles. The van der Waals surface area contributed by atoms with Gasteiger partial charge in [-0.25, -0.2) is 9.18 Å². The number of carbonyl (C=O) groups excluding carboxylic acids is 1. The van der Waals surface area contributed by atoms with E-state index in [2.05, 4.69) is 5.32 Å². The maximum Gasteiger partial charge on any atom is 0.407 e. The van der Waals surface area contributed by atoms with Gasteiger partial charge in [-0.1, -0.05) is 30.3 Å². The molecule has 146 valence electrons. The van der Waals surface area contributed by atoms with Crippen LogP contribution in [0.4, 0.5) is 9.18 Å². The molecular formula is C20H24FNO5. The molecule has 0 aliphatic rings. The van der Waals surface area contributed by atoms with Crippen molar-refractivity contribution in [3.63, 3.8) is 0 Å². The molecule has 2 aromatic rings. The lowest BCUT2D eigenvalue weighted by Crippen LogP contribution is -2.30. The minimum Gasteiger partial charge on any atom is -0.493 e. The Morgan fingerprint density at radius 3 is 2.63 bits per heavy atom. The van der Waals surface area contributed by atoms with Gasteiger partial charge in [0.05, 0.1) is 12.7 Å². The average molecular weight is 377 g/mol. The summed E-state index contributed by atoms with van der Waals surface area (Å²) in [4.78, 5) is 11.7. The van der Waals surface area contributed by atoms with E-state index in [1.165, 1.54) is 12.1 Å². The molecule has 0 bridgehead atoms. The Morgan fingerprint density at radius 2 is 1.93 bits per heavy atom. The molecule has 0 saturated carbocycles. The molecule has 2 rings (SSSR count). The van der Waals surface area contributed by atoms with Crippen LogP contribution in [-0.2, 0) is 11.3 Å². The van der Waals surface area contributed by atoms with Crippen molar-refractivity contribution in [3.8, 4) is 5.75 Å². The quantitative estimate of drug-likeness (QED) is 0.625. The van der Waals surface area contributed by atoms with E-state index in [0.29, 0.717) is 12.4 Å². The lowest BCUT2D eigenvalue weighted by molar-refractivity contribution is 0.0119. The van der Waals surface area contributed by atoms with E-state index in [4.69, 9.17) is 9.47 Å². The monoisotopic (exact) mass is 377 g/mol. The van der Waals surface area contributed by atoms with Crippen LogP contribution in [0.3, 0.4) is 0 Å². The highest BCUT2D eigenvalue weighted by atomic mass is 19.1. The summed E-state index contributed by atoms with van der Waals surface area (Å²) < 4.78 is 23.9. The van der Waals surface area contributed by atoms with Gasteiger partial charge < -0.3 is 25.0 Å². The number of ether oxygens (including phenoxy) is 2. The molecule has 2 aromatic carbocycles. The number of hydrogen-bond donors (Lipinski definition) is 3. The fourth-order valence-electron chi connectivity index (χ4n) is 2.50.